The van der Waals surface area contributed by atoms with Gasteiger partial charge in [-0.1, -0.05) is 146 Å². The number of hydrogen-bond donors (Lipinski definition) is 0. The molecule has 4 nitrogen and oxygen atoms in total. The van der Waals surface area contributed by atoms with Gasteiger partial charge in [-0.2, -0.15) is 10.2 Å². The highest BCUT2D eigenvalue weighted by molar-refractivity contribution is 6.40. The lowest BCUT2D eigenvalue weighted by Gasteiger charge is -2.14. The molecule has 2 aromatic heterocycles. The number of hydrogen-bond acceptors (Lipinski definition) is 2. The summed E-state index contributed by atoms with van der Waals surface area (Å²) in [6.07, 6.45) is 0. The van der Waals surface area contributed by atoms with Crippen molar-refractivity contribution in [2.75, 3.05) is 0 Å². The molecule has 266 valence electrons. The number of benzene rings is 8. The van der Waals surface area contributed by atoms with Gasteiger partial charge in [-0.05, 0) is 105 Å². The predicted molar refractivity (Wildman–Crippen MR) is 238 cm³/mol. The first-order valence-electron chi connectivity index (χ1n) is 19.1. The molecule has 8 aromatic carbocycles. The van der Waals surface area contributed by atoms with Crippen molar-refractivity contribution in [3.8, 4) is 45.0 Å². The highest BCUT2D eigenvalue weighted by Gasteiger charge is 2.17. The summed E-state index contributed by atoms with van der Waals surface area (Å²) in [7, 11) is 0. The van der Waals surface area contributed by atoms with Gasteiger partial charge in [0, 0.05) is 22.3 Å². The monoisotopic (exact) mass is 718 g/mol. The van der Waals surface area contributed by atoms with Gasteiger partial charge in [-0.3, -0.25) is 0 Å². The Hall–Kier alpha value is -7.30. The van der Waals surface area contributed by atoms with Crippen LogP contribution in [0.25, 0.3) is 88.1 Å². The first kappa shape index (κ1) is 33.3. The van der Waals surface area contributed by atoms with E-state index in [-0.39, 0.29) is 0 Å². The Balaban J connectivity index is 1.13. The van der Waals surface area contributed by atoms with Crippen LogP contribution in [0.5, 0.6) is 0 Å². The van der Waals surface area contributed by atoms with Crippen molar-refractivity contribution in [2.24, 2.45) is 10.2 Å². The third kappa shape index (κ3) is 6.08. The molecule has 0 saturated heterocycles. The molecule has 0 aliphatic heterocycles. The molecule has 0 spiro atoms. The molecular weight excluding hydrogens is 681 g/mol. The van der Waals surface area contributed by atoms with Gasteiger partial charge in [-0.25, -0.2) is 9.35 Å². The highest BCUT2D eigenvalue weighted by atomic mass is 15.4. The fourth-order valence-electron chi connectivity index (χ4n) is 7.79. The van der Waals surface area contributed by atoms with Crippen molar-refractivity contribution in [2.45, 2.75) is 13.8 Å². The second-order valence-electron chi connectivity index (χ2n) is 14.4. The molecule has 0 bridgehead atoms. The van der Waals surface area contributed by atoms with Gasteiger partial charge in [0.05, 0.1) is 34.2 Å². The number of fused-ring (bicyclic) bond motifs is 4. The molecule has 0 amide bonds. The highest BCUT2D eigenvalue weighted by Crippen LogP contribution is 2.35. The number of aromatic nitrogens is 2. The summed E-state index contributed by atoms with van der Waals surface area (Å²) in [5.74, 6) is 0. The minimum atomic E-state index is 0.813. The predicted octanol–water partition coefficient (Wildman–Crippen LogP) is 13.7. The molecule has 0 saturated carbocycles. The zero-order chi connectivity index (χ0) is 37.6. The minimum Gasteiger partial charge on any atom is -0.232 e. The second-order valence-corrected chi connectivity index (χ2v) is 14.4. The average Bonchev–Trinajstić information content (AvgIpc) is 3.87. The fraction of sp³-hybridized carbons (Fsp3) is 0.0385. The van der Waals surface area contributed by atoms with E-state index in [2.05, 4.69) is 217 Å². The van der Waals surface area contributed by atoms with E-state index in [0.29, 0.717) is 0 Å². The molecule has 4 heteroatoms. The Morgan fingerprint density at radius 2 is 0.518 bits per heavy atom. The maximum Gasteiger partial charge on any atom is 0.0812 e. The Labute approximate surface area is 325 Å². The van der Waals surface area contributed by atoms with Crippen LogP contribution in [0.2, 0.25) is 0 Å². The smallest absolute Gasteiger partial charge is 0.0812 e. The summed E-state index contributed by atoms with van der Waals surface area (Å²) in [5.41, 5.74) is 10.1. The van der Waals surface area contributed by atoms with Crippen LogP contribution in [0.1, 0.15) is 13.8 Å². The quantitative estimate of drug-likeness (QED) is 0.147. The van der Waals surface area contributed by atoms with Crippen molar-refractivity contribution >= 4 is 54.5 Å². The molecule has 10 aromatic rings. The summed E-state index contributed by atoms with van der Waals surface area (Å²) in [4.78, 5) is 0. The zero-order valence-electron chi connectivity index (χ0n) is 31.3. The molecule has 0 unspecified atom stereocenters. The van der Waals surface area contributed by atoms with Crippen molar-refractivity contribution in [3.63, 3.8) is 0 Å². The lowest BCUT2D eigenvalue weighted by atomic mass is 10.1. The third-order valence-electron chi connectivity index (χ3n) is 10.9. The van der Waals surface area contributed by atoms with Crippen LogP contribution in [-0.2, 0) is 0 Å². The van der Waals surface area contributed by atoms with E-state index >= 15 is 0 Å². The van der Waals surface area contributed by atoms with E-state index in [9.17, 15) is 0 Å². The Kier molecular flexibility index (Phi) is 8.23. The van der Waals surface area contributed by atoms with Gasteiger partial charge in [-0.15, -0.1) is 0 Å². The zero-order valence-corrected chi connectivity index (χ0v) is 31.3. The maximum atomic E-state index is 5.39. The Morgan fingerprint density at radius 1 is 0.286 bits per heavy atom. The molecule has 0 fully saturated rings. The van der Waals surface area contributed by atoms with Crippen molar-refractivity contribution < 1.29 is 0 Å². The standard InChI is InChI=1S/C52H38N4/c1-35(53-55-49(45-23-19-37-11-3-7-15-41(37)31-45)27-28-50(55)46-24-20-38-12-4-8-16-42(38)32-46)36(2)54-56-51(47-25-21-39-13-5-9-17-43(39)33-47)29-30-52(56)48-26-22-40-14-6-10-18-44(40)34-48/h3-34H,1-2H3. The van der Waals surface area contributed by atoms with E-state index in [1.807, 2.05) is 0 Å². The SMILES string of the molecule is CC(=Nn1c(-c2ccc3ccccc3c2)ccc1-c1ccc2ccccc2c1)C(C)=Nn1c(-c2ccc3ccccc3c2)ccc1-c1ccc2ccccc2c1. The summed E-state index contributed by atoms with van der Waals surface area (Å²) in [5, 5.41) is 20.4. The van der Waals surface area contributed by atoms with Crippen LogP contribution >= 0.6 is 0 Å². The van der Waals surface area contributed by atoms with Crippen LogP contribution in [0, 0.1) is 0 Å². The normalized spacial score (nSPS) is 12.3. The fourth-order valence-corrected chi connectivity index (χ4v) is 7.79. The summed E-state index contributed by atoms with van der Waals surface area (Å²) >= 11 is 0. The average molecular weight is 719 g/mol. The molecule has 0 radical (unpaired) electrons. The van der Waals surface area contributed by atoms with Crippen LogP contribution in [-0.4, -0.2) is 20.8 Å². The van der Waals surface area contributed by atoms with E-state index < -0.39 is 0 Å². The molecule has 10 rings (SSSR count). The van der Waals surface area contributed by atoms with Gasteiger partial charge < -0.3 is 0 Å². The van der Waals surface area contributed by atoms with Gasteiger partial charge in [0.2, 0.25) is 0 Å². The topological polar surface area (TPSA) is 34.6 Å². The molecule has 0 atom stereocenters. The lowest BCUT2D eigenvalue weighted by Crippen LogP contribution is -2.12. The second kappa shape index (κ2) is 13.8. The van der Waals surface area contributed by atoms with Gasteiger partial charge in [0.15, 0.2) is 0 Å². The van der Waals surface area contributed by atoms with Gasteiger partial charge in [0.1, 0.15) is 0 Å². The Bertz CT molecular complexity index is 2770. The summed E-state index contributed by atoms with van der Waals surface area (Å²) in [6, 6.07) is 69.2. The van der Waals surface area contributed by atoms with E-state index in [4.69, 9.17) is 10.2 Å². The Morgan fingerprint density at radius 3 is 0.768 bits per heavy atom. The van der Waals surface area contributed by atoms with E-state index in [1.54, 1.807) is 0 Å². The van der Waals surface area contributed by atoms with Crippen LogP contribution in [0.4, 0.5) is 0 Å². The molecule has 0 aliphatic carbocycles. The largest absolute Gasteiger partial charge is 0.232 e. The van der Waals surface area contributed by atoms with Crippen molar-refractivity contribution in [3.05, 3.63) is 194 Å². The molecule has 2 heterocycles. The van der Waals surface area contributed by atoms with Crippen molar-refractivity contribution in [1.82, 2.24) is 9.35 Å². The van der Waals surface area contributed by atoms with Crippen LogP contribution in [0.15, 0.2) is 204 Å². The molecule has 0 aliphatic rings. The van der Waals surface area contributed by atoms with Gasteiger partial charge in [0.25, 0.3) is 0 Å². The summed E-state index contributed by atoms with van der Waals surface area (Å²) < 4.78 is 4.18. The van der Waals surface area contributed by atoms with Crippen molar-refractivity contribution in [1.29, 1.82) is 0 Å². The lowest BCUT2D eigenvalue weighted by molar-refractivity contribution is 0.895. The first-order valence-corrected chi connectivity index (χ1v) is 19.1. The third-order valence-corrected chi connectivity index (χ3v) is 10.9. The van der Waals surface area contributed by atoms with E-state index in [0.717, 1.165) is 56.5 Å². The van der Waals surface area contributed by atoms with Crippen LogP contribution in [0.3, 0.4) is 0 Å². The number of nitrogens with zero attached hydrogens (tertiary/aromatic N) is 4. The van der Waals surface area contributed by atoms with Gasteiger partial charge >= 0.3 is 0 Å². The first-order chi connectivity index (χ1) is 27.6. The molecule has 56 heavy (non-hydrogen) atoms. The molecular formula is C52H38N4. The summed E-state index contributed by atoms with van der Waals surface area (Å²) in [6.45, 7) is 4.12. The minimum absolute atomic E-state index is 0.813. The van der Waals surface area contributed by atoms with E-state index in [1.165, 1.54) is 43.1 Å². The molecule has 0 N–H and O–H groups in total. The van der Waals surface area contributed by atoms with Crippen LogP contribution < -0.4 is 0 Å². The number of rotatable bonds is 7. The maximum absolute atomic E-state index is 5.39.